The number of carboxylic acid groups (broad SMARTS) is 1. The highest BCUT2D eigenvalue weighted by Gasteiger charge is 2.04. The van der Waals surface area contributed by atoms with Gasteiger partial charge in [-0.2, -0.15) is 5.26 Å². The minimum atomic E-state index is -0.821. The van der Waals surface area contributed by atoms with Gasteiger partial charge in [-0.25, -0.2) is 0 Å². The summed E-state index contributed by atoms with van der Waals surface area (Å²) in [5.74, 6) is -0.343. The first-order chi connectivity index (χ1) is 7.13. The van der Waals surface area contributed by atoms with E-state index in [1.165, 1.54) is 11.8 Å². The van der Waals surface area contributed by atoms with Crippen LogP contribution in [0.1, 0.15) is 12.0 Å². The molecule has 0 aromatic heterocycles. The van der Waals surface area contributed by atoms with Crippen LogP contribution < -0.4 is 0 Å². The summed E-state index contributed by atoms with van der Waals surface area (Å²) >= 11 is 4.66. The fraction of sp³-hybridized carbons (Fsp3) is 0.200. The molecule has 1 rings (SSSR count). The summed E-state index contributed by atoms with van der Waals surface area (Å²) in [6.45, 7) is 0. The molecule has 0 heterocycles. The van der Waals surface area contributed by atoms with Crippen LogP contribution in [0.2, 0.25) is 0 Å². The quantitative estimate of drug-likeness (QED) is 0.864. The molecule has 0 unspecified atom stereocenters. The summed E-state index contributed by atoms with van der Waals surface area (Å²) in [4.78, 5) is 11.1. The first kappa shape index (κ1) is 12.1. The second-order valence-corrected chi connectivity index (χ2v) is 4.80. The van der Waals surface area contributed by atoms with Gasteiger partial charge in [0.25, 0.3) is 0 Å². The molecule has 0 aliphatic rings. The van der Waals surface area contributed by atoms with Crippen molar-refractivity contribution in [2.75, 3.05) is 5.75 Å². The van der Waals surface area contributed by atoms with E-state index >= 15 is 0 Å². The number of rotatable bonds is 4. The maximum atomic E-state index is 10.3. The molecule has 3 nitrogen and oxygen atoms in total. The number of hydrogen-bond acceptors (Lipinski definition) is 3. The largest absolute Gasteiger partial charge is 0.481 e. The molecule has 0 atom stereocenters. The Morgan fingerprint density at radius 3 is 2.93 bits per heavy atom. The Morgan fingerprint density at radius 2 is 2.33 bits per heavy atom. The second kappa shape index (κ2) is 5.79. The van der Waals surface area contributed by atoms with E-state index in [1.54, 1.807) is 6.07 Å². The number of hydrogen-bond donors (Lipinski definition) is 1. The lowest BCUT2D eigenvalue weighted by Crippen LogP contribution is -1.96. The third-order valence-corrected chi connectivity index (χ3v) is 3.20. The Balaban J connectivity index is 2.69. The number of halogens is 1. The Morgan fingerprint density at radius 1 is 1.60 bits per heavy atom. The molecule has 0 radical (unpaired) electrons. The zero-order valence-corrected chi connectivity index (χ0v) is 10.1. The van der Waals surface area contributed by atoms with Gasteiger partial charge in [0, 0.05) is 15.1 Å². The van der Waals surface area contributed by atoms with Crippen molar-refractivity contribution >= 4 is 33.7 Å². The monoisotopic (exact) mass is 285 g/mol. The van der Waals surface area contributed by atoms with Gasteiger partial charge in [-0.3, -0.25) is 4.79 Å². The predicted molar refractivity (Wildman–Crippen MR) is 61.8 cm³/mol. The summed E-state index contributed by atoms with van der Waals surface area (Å²) < 4.78 is 0.849. The van der Waals surface area contributed by atoms with E-state index in [-0.39, 0.29) is 6.42 Å². The van der Waals surface area contributed by atoms with Crippen LogP contribution in [0.5, 0.6) is 0 Å². The van der Waals surface area contributed by atoms with E-state index in [0.29, 0.717) is 11.3 Å². The van der Waals surface area contributed by atoms with Crippen LogP contribution in [-0.2, 0) is 4.79 Å². The third-order valence-electron chi connectivity index (χ3n) is 1.64. The smallest absolute Gasteiger partial charge is 0.304 e. The molecule has 0 saturated carbocycles. The van der Waals surface area contributed by atoms with Crippen molar-refractivity contribution in [3.8, 4) is 6.07 Å². The van der Waals surface area contributed by atoms with E-state index in [1.807, 2.05) is 12.1 Å². The Bertz CT molecular complexity index is 414. The van der Waals surface area contributed by atoms with Crippen LogP contribution in [0, 0.1) is 11.3 Å². The maximum absolute atomic E-state index is 10.3. The van der Waals surface area contributed by atoms with E-state index < -0.39 is 5.97 Å². The molecule has 0 aliphatic heterocycles. The van der Waals surface area contributed by atoms with Crippen molar-refractivity contribution in [2.45, 2.75) is 11.3 Å². The molecule has 78 valence electrons. The van der Waals surface area contributed by atoms with Crippen LogP contribution >= 0.6 is 27.7 Å². The zero-order valence-electron chi connectivity index (χ0n) is 7.74. The van der Waals surface area contributed by atoms with E-state index in [9.17, 15) is 4.79 Å². The highest BCUT2D eigenvalue weighted by molar-refractivity contribution is 9.10. The average molecular weight is 286 g/mol. The lowest BCUT2D eigenvalue weighted by Gasteiger charge is -2.02. The molecule has 1 N–H and O–H groups in total. The van der Waals surface area contributed by atoms with Crippen LogP contribution in [0.4, 0.5) is 0 Å². The summed E-state index contributed by atoms with van der Waals surface area (Å²) in [7, 11) is 0. The molecule has 0 spiro atoms. The number of benzene rings is 1. The van der Waals surface area contributed by atoms with E-state index in [4.69, 9.17) is 10.4 Å². The SMILES string of the molecule is N#Cc1cc(Br)ccc1SCCC(=O)O. The molecule has 0 aliphatic carbocycles. The molecule has 1 aromatic rings. The van der Waals surface area contributed by atoms with E-state index in [2.05, 4.69) is 22.0 Å². The summed E-state index contributed by atoms with van der Waals surface area (Å²) in [6.07, 6.45) is 0.103. The summed E-state index contributed by atoms with van der Waals surface area (Å²) in [5.41, 5.74) is 0.569. The Hall–Kier alpha value is -0.990. The zero-order chi connectivity index (χ0) is 11.3. The van der Waals surface area contributed by atoms with Gasteiger partial charge in [0.15, 0.2) is 0 Å². The maximum Gasteiger partial charge on any atom is 0.304 e. The number of carbonyl (C=O) groups is 1. The minimum absolute atomic E-state index is 0.103. The Labute approximate surface area is 100 Å². The molecule has 15 heavy (non-hydrogen) atoms. The molecule has 0 amide bonds. The molecule has 0 saturated heterocycles. The van der Waals surface area contributed by atoms with Crippen LogP contribution in [-0.4, -0.2) is 16.8 Å². The number of thioether (sulfide) groups is 1. The van der Waals surface area contributed by atoms with Gasteiger partial charge in [-0.05, 0) is 18.2 Å². The summed E-state index contributed by atoms with van der Waals surface area (Å²) in [6, 6.07) is 7.45. The lowest BCUT2D eigenvalue weighted by molar-refractivity contribution is -0.136. The van der Waals surface area contributed by atoms with Crippen molar-refractivity contribution in [3.63, 3.8) is 0 Å². The average Bonchev–Trinajstić information content (AvgIpc) is 2.19. The minimum Gasteiger partial charge on any atom is -0.481 e. The van der Waals surface area contributed by atoms with Gasteiger partial charge in [0.2, 0.25) is 0 Å². The van der Waals surface area contributed by atoms with Crippen molar-refractivity contribution in [2.24, 2.45) is 0 Å². The normalized spacial score (nSPS) is 9.60. The van der Waals surface area contributed by atoms with Gasteiger partial charge < -0.3 is 5.11 Å². The van der Waals surface area contributed by atoms with Gasteiger partial charge in [0.05, 0.1) is 12.0 Å². The first-order valence-electron chi connectivity index (χ1n) is 4.17. The fourth-order valence-corrected chi connectivity index (χ4v) is 2.25. The number of nitriles is 1. The highest BCUT2D eigenvalue weighted by Crippen LogP contribution is 2.25. The number of nitrogens with zero attached hydrogens (tertiary/aromatic N) is 1. The molecule has 1 aromatic carbocycles. The van der Waals surface area contributed by atoms with Crippen molar-refractivity contribution < 1.29 is 9.90 Å². The highest BCUT2D eigenvalue weighted by atomic mass is 79.9. The number of carboxylic acids is 1. The van der Waals surface area contributed by atoms with Crippen LogP contribution in [0.25, 0.3) is 0 Å². The number of aliphatic carboxylic acids is 1. The first-order valence-corrected chi connectivity index (χ1v) is 5.95. The van der Waals surface area contributed by atoms with Crippen molar-refractivity contribution in [1.29, 1.82) is 5.26 Å². The molecule has 5 heteroatoms. The van der Waals surface area contributed by atoms with Crippen molar-refractivity contribution in [1.82, 2.24) is 0 Å². The second-order valence-electron chi connectivity index (χ2n) is 2.74. The van der Waals surface area contributed by atoms with Crippen molar-refractivity contribution in [3.05, 3.63) is 28.2 Å². The van der Waals surface area contributed by atoms with Gasteiger partial charge in [0.1, 0.15) is 6.07 Å². The Kier molecular flexibility index (Phi) is 4.66. The van der Waals surface area contributed by atoms with Crippen LogP contribution in [0.15, 0.2) is 27.6 Å². The van der Waals surface area contributed by atoms with E-state index in [0.717, 1.165) is 9.37 Å². The van der Waals surface area contributed by atoms with Crippen LogP contribution in [0.3, 0.4) is 0 Å². The van der Waals surface area contributed by atoms with Gasteiger partial charge in [-0.15, -0.1) is 11.8 Å². The lowest BCUT2D eigenvalue weighted by atomic mass is 10.2. The molecular formula is C10H8BrNO2S. The fourth-order valence-electron chi connectivity index (χ4n) is 0.964. The predicted octanol–water partition coefficient (Wildman–Crippen LogP) is 2.89. The molecule has 0 bridgehead atoms. The third kappa shape index (κ3) is 3.94. The van der Waals surface area contributed by atoms with Gasteiger partial charge >= 0.3 is 5.97 Å². The molecular weight excluding hydrogens is 278 g/mol. The summed E-state index contributed by atoms with van der Waals surface area (Å²) in [5, 5.41) is 17.3. The van der Waals surface area contributed by atoms with Gasteiger partial charge in [-0.1, -0.05) is 15.9 Å². The molecule has 0 fully saturated rings. The topological polar surface area (TPSA) is 61.1 Å². The standard InChI is InChI=1S/C10H8BrNO2S/c11-8-1-2-9(7(5-8)6-12)15-4-3-10(13)14/h1-2,5H,3-4H2,(H,13,14).